The van der Waals surface area contributed by atoms with Crippen LogP contribution in [0.25, 0.3) is 10.8 Å². The molecule has 0 aliphatic rings. The van der Waals surface area contributed by atoms with E-state index in [-0.39, 0.29) is 12.5 Å². The van der Waals surface area contributed by atoms with E-state index < -0.39 is 0 Å². The first kappa shape index (κ1) is 12.4. The van der Waals surface area contributed by atoms with Crippen molar-refractivity contribution in [2.45, 2.75) is 6.54 Å². The van der Waals surface area contributed by atoms with Gasteiger partial charge in [-0.05, 0) is 17.0 Å². The van der Waals surface area contributed by atoms with Crippen LogP contribution in [0.1, 0.15) is 5.56 Å². The van der Waals surface area contributed by atoms with Crippen molar-refractivity contribution in [3.8, 4) is 0 Å². The number of hydrogen-bond donors (Lipinski definition) is 2. The van der Waals surface area contributed by atoms with E-state index in [9.17, 15) is 4.79 Å². The number of amides is 1. The first-order valence-electron chi connectivity index (χ1n) is 5.83. The molecule has 0 unspecified atom stereocenters. The van der Waals surface area contributed by atoms with Gasteiger partial charge in [-0.25, -0.2) is 0 Å². The minimum Gasteiger partial charge on any atom is -0.368 e. The Bertz CT molecular complexity index is 580. The standard InChI is InChI=1S/C14H17N3O/c1-17(9-14(16)18)13-7-6-10(8-15)11-4-2-3-5-12(11)13/h2-7H,8-9,15H2,1H3,(H2,16,18). The molecule has 0 fully saturated rings. The van der Waals surface area contributed by atoms with Gasteiger partial charge in [0, 0.05) is 24.7 Å². The van der Waals surface area contributed by atoms with Gasteiger partial charge < -0.3 is 16.4 Å². The molecule has 0 bridgehead atoms. The monoisotopic (exact) mass is 243 g/mol. The normalized spacial score (nSPS) is 10.6. The van der Waals surface area contributed by atoms with Crippen molar-refractivity contribution in [1.82, 2.24) is 0 Å². The molecule has 94 valence electrons. The smallest absolute Gasteiger partial charge is 0.236 e. The molecule has 0 spiro atoms. The van der Waals surface area contributed by atoms with Crippen molar-refractivity contribution in [3.63, 3.8) is 0 Å². The van der Waals surface area contributed by atoms with Gasteiger partial charge in [-0.1, -0.05) is 30.3 Å². The van der Waals surface area contributed by atoms with E-state index >= 15 is 0 Å². The van der Waals surface area contributed by atoms with Crippen LogP contribution in [0.2, 0.25) is 0 Å². The van der Waals surface area contributed by atoms with Crippen molar-refractivity contribution in [1.29, 1.82) is 0 Å². The summed E-state index contributed by atoms with van der Waals surface area (Å²) in [4.78, 5) is 12.9. The van der Waals surface area contributed by atoms with Gasteiger partial charge >= 0.3 is 0 Å². The Hall–Kier alpha value is -2.07. The van der Waals surface area contributed by atoms with Gasteiger partial charge in [-0.3, -0.25) is 4.79 Å². The average Bonchev–Trinajstić information content (AvgIpc) is 2.36. The predicted octanol–water partition coefficient (Wildman–Crippen LogP) is 1.22. The maximum atomic E-state index is 11.0. The highest BCUT2D eigenvalue weighted by atomic mass is 16.1. The number of rotatable bonds is 4. The Morgan fingerprint density at radius 1 is 1.17 bits per heavy atom. The second kappa shape index (κ2) is 5.06. The molecule has 1 amide bonds. The van der Waals surface area contributed by atoms with E-state index in [1.807, 2.05) is 48.3 Å². The number of nitrogens with zero attached hydrogens (tertiary/aromatic N) is 1. The molecule has 0 aromatic heterocycles. The Morgan fingerprint density at radius 3 is 2.44 bits per heavy atom. The zero-order chi connectivity index (χ0) is 13.1. The molecule has 0 aliphatic carbocycles. The molecule has 4 nitrogen and oxygen atoms in total. The number of hydrogen-bond acceptors (Lipinski definition) is 3. The lowest BCUT2D eigenvalue weighted by molar-refractivity contribution is -0.116. The van der Waals surface area contributed by atoms with E-state index in [1.165, 1.54) is 0 Å². The number of fused-ring (bicyclic) bond motifs is 1. The fourth-order valence-corrected chi connectivity index (χ4v) is 2.18. The van der Waals surface area contributed by atoms with Crippen LogP contribution in [0.5, 0.6) is 0 Å². The number of carbonyl (C=O) groups is 1. The van der Waals surface area contributed by atoms with Crippen molar-refractivity contribution in [2.24, 2.45) is 11.5 Å². The topological polar surface area (TPSA) is 72.3 Å². The van der Waals surface area contributed by atoms with E-state index in [0.717, 1.165) is 22.0 Å². The van der Waals surface area contributed by atoms with Crippen LogP contribution in [-0.4, -0.2) is 19.5 Å². The molecular weight excluding hydrogens is 226 g/mol. The highest BCUT2D eigenvalue weighted by Crippen LogP contribution is 2.28. The largest absolute Gasteiger partial charge is 0.368 e. The Labute approximate surface area is 106 Å². The van der Waals surface area contributed by atoms with Crippen molar-refractivity contribution >= 4 is 22.4 Å². The fourth-order valence-electron chi connectivity index (χ4n) is 2.18. The molecule has 0 saturated carbocycles. The number of nitrogens with two attached hydrogens (primary N) is 2. The van der Waals surface area contributed by atoms with E-state index in [4.69, 9.17) is 11.5 Å². The first-order valence-corrected chi connectivity index (χ1v) is 5.83. The summed E-state index contributed by atoms with van der Waals surface area (Å²) in [6, 6.07) is 12.0. The fraction of sp³-hybridized carbons (Fsp3) is 0.214. The molecule has 18 heavy (non-hydrogen) atoms. The Balaban J connectivity index is 2.55. The number of carbonyl (C=O) groups excluding carboxylic acids is 1. The van der Waals surface area contributed by atoms with Gasteiger partial charge in [0.25, 0.3) is 0 Å². The molecule has 0 heterocycles. The SMILES string of the molecule is CN(CC(N)=O)c1ccc(CN)c2ccccc12. The average molecular weight is 243 g/mol. The highest BCUT2D eigenvalue weighted by molar-refractivity contribution is 5.97. The molecule has 0 atom stereocenters. The van der Waals surface area contributed by atoms with Crippen molar-refractivity contribution < 1.29 is 4.79 Å². The molecule has 4 heteroatoms. The lowest BCUT2D eigenvalue weighted by Crippen LogP contribution is -2.30. The number of likely N-dealkylation sites (N-methyl/N-ethyl adjacent to an activating group) is 1. The summed E-state index contributed by atoms with van der Waals surface area (Å²) in [5, 5.41) is 2.21. The first-order chi connectivity index (χ1) is 8.63. The van der Waals surface area contributed by atoms with Crippen molar-refractivity contribution in [2.75, 3.05) is 18.5 Å². The lowest BCUT2D eigenvalue weighted by atomic mass is 10.0. The molecule has 0 aliphatic heterocycles. The third-order valence-electron chi connectivity index (χ3n) is 3.02. The minimum atomic E-state index is -0.343. The van der Waals surface area contributed by atoms with Crippen LogP contribution in [0, 0.1) is 0 Å². The zero-order valence-electron chi connectivity index (χ0n) is 10.4. The second-order valence-electron chi connectivity index (χ2n) is 4.32. The Morgan fingerprint density at radius 2 is 1.83 bits per heavy atom. The van der Waals surface area contributed by atoms with Crippen LogP contribution in [0.4, 0.5) is 5.69 Å². The van der Waals surface area contributed by atoms with Crippen LogP contribution in [-0.2, 0) is 11.3 Å². The summed E-state index contributed by atoms with van der Waals surface area (Å²) < 4.78 is 0. The predicted molar refractivity (Wildman–Crippen MR) is 74.3 cm³/mol. The van der Waals surface area contributed by atoms with Gasteiger partial charge in [0.15, 0.2) is 0 Å². The molecule has 2 aromatic rings. The lowest BCUT2D eigenvalue weighted by Gasteiger charge is -2.20. The molecule has 2 rings (SSSR count). The van der Waals surface area contributed by atoms with Crippen LogP contribution < -0.4 is 16.4 Å². The van der Waals surface area contributed by atoms with Crippen molar-refractivity contribution in [3.05, 3.63) is 42.0 Å². The summed E-state index contributed by atoms with van der Waals surface area (Å²) in [6.07, 6.45) is 0. The van der Waals surface area contributed by atoms with E-state index in [2.05, 4.69) is 0 Å². The number of primary amides is 1. The molecule has 0 radical (unpaired) electrons. The Kier molecular flexibility index (Phi) is 3.48. The third-order valence-corrected chi connectivity index (χ3v) is 3.02. The number of anilines is 1. The third kappa shape index (κ3) is 2.28. The van der Waals surface area contributed by atoms with Gasteiger partial charge in [0.2, 0.25) is 5.91 Å². The number of benzene rings is 2. The summed E-state index contributed by atoms with van der Waals surface area (Å²) in [5.41, 5.74) is 13.1. The summed E-state index contributed by atoms with van der Waals surface area (Å²) in [5.74, 6) is -0.343. The van der Waals surface area contributed by atoms with Gasteiger partial charge in [0.1, 0.15) is 0 Å². The quantitative estimate of drug-likeness (QED) is 0.848. The summed E-state index contributed by atoms with van der Waals surface area (Å²) >= 11 is 0. The minimum absolute atomic E-state index is 0.200. The maximum Gasteiger partial charge on any atom is 0.236 e. The van der Waals surface area contributed by atoms with Gasteiger partial charge in [-0.2, -0.15) is 0 Å². The van der Waals surface area contributed by atoms with Crippen LogP contribution in [0.3, 0.4) is 0 Å². The molecule has 2 aromatic carbocycles. The zero-order valence-corrected chi connectivity index (χ0v) is 10.4. The van der Waals surface area contributed by atoms with Gasteiger partial charge in [0.05, 0.1) is 6.54 Å². The van der Waals surface area contributed by atoms with E-state index in [1.54, 1.807) is 0 Å². The second-order valence-corrected chi connectivity index (χ2v) is 4.32. The molecule has 0 saturated heterocycles. The molecule has 4 N–H and O–H groups in total. The van der Waals surface area contributed by atoms with E-state index in [0.29, 0.717) is 6.54 Å². The molecular formula is C14H17N3O. The highest BCUT2D eigenvalue weighted by Gasteiger charge is 2.09. The maximum absolute atomic E-state index is 11.0. The summed E-state index contributed by atoms with van der Waals surface area (Å²) in [7, 11) is 1.86. The van der Waals surface area contributed by atoms with Crippen LogP contribution >= 0.6 is 0 Å². The van der Waals surface area contributed by atoms with Crippen LogP contribution in [0.15, 0.2) is 36.4 Å². The summed E-state index contributed by atoms with van der Waals surface area (Å²) in [6.45, 7) is 0.701. The van der Waals surface area contributed by atoms with Gasteiger partial charge in [-0.15, -0.1) is 0 Å².